The van der Waals surface area contributed by atoms with Gasteiger partial charge in [-0.3, -0.25) is 9.67 Å². The van der Waals surface area contributed by atoms with Crippen LogP contribution in [0, 0.1) is 6.92 Å². The number of guanidine groups is 1. The summed E-state index contributed by atoms with van der Waals surface area (Å²) in [7, 11) is 2.10. The number of aliphatic imine (C=N–C) groups is 1. The van der Waals surface area contributed by atoms with Crippen LogP contribution in [-0.4, -0.2) is 47.3 Å². The molecule has 0 aliphatic rings. The van der Waals surface area contributed by atoms with E-state index in [2.05, 4.69) is 59.9 Å². The standard InChI is InChI=1S/C17H27N5S/c1-4-18-17(21(3)11-8-16-7-5-12-23-16)19-9-6-10-22-14-15(2)13-20-22/h5,7,12-14H,4,6,8-11H2,1-3H3,(H,18,19). The van der Waals surface area contributed by atoms with Crippen LogP contribution in [0.2, 0.25) is 0 Å². The molecule has 1 N–H and O–H groups in total. The molecule has 0 saturated heterocycles. The van der Waals surface area contributed by atoms with Gasteiger partial charge in [-0.25, -0.2) is 0 Å². The number of nitrogens with one attached hydrogen (secondary N) is 1. The molecule has 2 aromatic rings. The van der Waals surface area contributed by atoms with Gasteiger partial charge in [0, 0.05) is 44.3 Å². The largest absolute Gasteiger partial charge is 0.357 e. The number of hydrogen-bond acceptors (Lipinski definition) is 3. The molecule has 2 heterocycles. The monoisotopic (exact) mass is 333 g/mol. The predicted octanol–water partition coefficient (Wildman–Crippen LogP) is 2.78. The lowest BCUT2D eigenvalue weighted by molar-refractivity contribution is 0.484. The van der Waals surface area contributed by atoms with Crippen LogP contribution in [0.4, 0.5) is 0 Å². The molecule has 0 radical (unpaired) electrons. The molecule has 0 amide bonds. The summed E-state index contributed by atoms with van der Waals surface area (Å²) in [5.41, 5.74) is 1.20. The van der Waals surface area contributed by atoms with E-state index in [-0.39, 0.29) is 0 Å². The number of rotatable bonds is 8. The van der Waals surface area contributed by atoms with Gasteiger partial charge < -0.3 is 10.2 Å². The minimum atomic E-state index is 0.810. The maximum atomic E-state index is 4.73. The van der Waals surface area contributed by atoms with Gasteiger partial charge in [0.25, 0.3) is 0 Å². The van der Waals surface area contributed by atoms with Gasteiger partial charge in [0.05, 0.1) is 6.20 Å². The maximum absolute atomic E-state index is 4.73. The first-order valence-corrected chi connectivity index (χ1v) is 9.08. The van der Waals surface area contributed by atoms with Crippen LogP contribution < -0.4 is 5.32 Å². The zero-order valence-corrected chi connectivity index (χ0v) is 15.1. The molecule has 5 nitrogen and oxygen atoms in total. The van der Waals surface area contributed by atoms with Gasteiger partial charge in [0.15, 0.2) is 5.96 Å². The highest BCUT2D eigenvalue weighted by Crippen LogP contribution is 2.09. The van der Waals surface area contributed by atoms with E-state index in [9.17, 15) is 0 Å². The molecule has 0 atom stereocenters. The van der Waals surface area contributed by atoms with Gasteiger partial charge in [-0.15, -0.1) is 11.3 Å². The SMILES string of the molecule is CCNC(=NCCCn1cc(C)cn1)N(C)CCc1cccs1. The molecule has 126 valence electrons. The molecule has 0 aliphatic heterocycles. The van der Waals surface area contributed by atoms with E-state index in [1.807, 2.05) is 22.2 Å². The van der Waals surface area contributed by atoms with Crippen LogP contribution in [0.15, 0.2) is 34.9 Å². The molecular weight excluding hydrogens is 306 g/mol. The average Bonchev–Trinajstić information content (AvgIpc) is 3.19. The van der Waals surface area contributed by atoms with Crippen molar-refractivity contribution >= 4 is 17.3 Å². The van der Waals surface area contributed by atoms with E-state index < -0.39 is 0 Å². The molecule has 0 spiro atoms. The van der Waals surface area contributed by atoms with E-state index >= 15 is 0 Å². The van der Waals surface area contributed by atoms with Crippen molar-refractivity contribution in [2.45, 2.75) is 33.2 Å². The molecule has 0 aliphatic carbocycles. The zero-order chi connectivity index (χ0) is 16.5. The highest BCUT2D eigenvalue weighted by Gasteiger charge is 2.06. The number of nitrogens with zero attached hydrogens (tertiary/aromatic N) is 4. The van der Waals surface area contributed by atoms with Crippen LogP contribution in [0.25, 0.3) is 0 Å². The minimum Gasteiger partial charge on any atom is -0.357 e. The van der Waals surface area contributed by atoms with E-state index in [0.29, 0.717) is 0 Å². The molecular formula is C17H27N5S. The Kier molecular flexibility index (Phi) is 7.13. The Bertz CT molecular complexity index is 588. The summed E-state index contributed by atoms with van der Waals surface area (Å²) in [6, 6.07) is 4.30. The van der Waals surface area contributed by atoms with Crippen molar-refractivity contribution in [3.05, 3.63) is 40.3 Å². The fourth-order valence-electron chi connectivity index (χ4n) is 2.32. The molecule has 0 saturated carbocycles. The fourth-order valence-corrected chi connectivity index (χ4v) is 3.01. The van der Waals surface area contributed by atoms with E-state index in [4.69, 9.17) is 4.99 Å². The quantitative estimate of drug-likeness (QED) is 0.459. The van der Waals surface area contributed by atoms with Crippen LogP contribution in [0.1, 0.15) is 23.8 Å². The molecule has 0 fully saturated rings. The molecule has 2 rings (SSSR count). The number of aryl methyl sites for hydroxylation is 2. The lowest BCUT2D eigenvalue weighted by atomic mass is 10.3. The minimum absolute atomic E-state index is 0.810. The van der Waals surface area contributed by atoms with E-state index in [1.165, 1.54) is 10.4 Å². The summed E-state index contributed by atoms with van der Waals surface area (Å²) < 4.78 is 1.98. The highest BCUT2D eigenvalue weighted by atomic mass is 32.1. The van der Waals surface area contributed by atoms with Gasteiger partial charge in [0.2, 0.25) is 0 Å². The third kappa shape index (κ3) is 6.06. The smallest absolute Gasteiger partial charge is 0.193 e. The summed E-state index contributed by atoms with van der Waals surface area (Å²) >= 11 is 1.81. The van der Waals surface area contributed by atoms with Gasteiger partial charge in [-0.05, 0) is 43.7 Å². The predicted molar refractivity (Wildman–Crippen MR) is 98.2 cm³/mol. The maximum Gasteiger partial charge on any atom is 0.193 e. The van der Waals surface area contributed by atoms with Gasteiger partial charge in [-0.1, -0.05) is 6.07 Å². The summed E-state index contributed by atoms with van der Waals surface area (Å²) in [5.74, 6) is 0.987. The lowest BCUT2D eigenvalue weighted by Crippen LogP contribution is -2.40. The average molecular weight is 334 g/mol. The van der Waals surface area contributed by atoms with Crippen molar-refractivity contribution in [2.75, 3.05) is 26.7 Å². The van der Waals surface area contributed by atoms with Gasteiger partial charge >= 0.3 is 0 Å². The van der Waals surface area contributed by atoms with Gasteiger partial charge in [0.1, 0.15) is 0 Å². The first-order valence-electron chi connectivity index (χ1n) is 8.20. The second-order valence-corrected chi connectivity index (χ2v) is 6.65. The van der Waals surface area contributed by atoms with Crippen molar-refractivity contribution in [2.24, 2.45) is 4.99 Å². The van der Waals surface area contributed by atoms with E-state index in [1.54, 1.807) is 0 Å². The Labute approximate surface area is 143 Å². The fraction of sp³-hybridized carbons (Fsp3) is 0.529. The Morgan fingerprint density at radius 3 is 3.00 bits per heavy atom. The second-order valence-electron chi connectivity index (χ2n) is 5.62. The molecule has 0 unspecified atom stereocenters. The molecule has 6 heteroatoms. The third-order valence-corrected chi connectivity index (χ3v) is 4.48. The summed E-state index contributed by atoms with van der Waals surface area (Å²) in [5, 5.41) is 9.81. The summed E-state index contributed by atoms with van der Waals surface area (Å²) in [4.78, 5) is 8.36. The van der Waals surface area contributed by atoms with Crippen molar-refractivity contribution in [3.8, 4) is 0 Å². The van der Waals surface area contributed by atoms with Crippen LogP contribution in [0.3, 0.4) is 0 Å². The molecule has 0 bridgehead atoms. The Hall–Kier alpha value is -1.82. The number of thiophene rings is 1. The van der Waals surface area contributed by atoms with Crippen molar-refractivity contribution < 1.29 is 0 Å². The van der Waals surface area contributed by atoms with Crippen LogP contribution in [0.5, 0.6) is 0 Å². The summed E-state index contributed by atoms with van der Waals surface area (Å²) in [6.07, 6.45) is 6.02. The first-order chi connectivity index (χ1) is 11.2. The Morgan fingerprint density at radius 2 is 2.35 bits per heavy atom. The Balaban J connectivity index is 1.78. The number of likely N-dealkylation sites (N-methyl/N-ethyl adjacent to an activating group) is 1. The molecule has 23 heavy (non-hydrogen) atoms. The number of aromatic nitrogens is 2. The molecule has 2 aromatic heterocycles. The second kappa shape index (κ2) is 9.35. The highest BCUT2D eigenvalue weighted by molar-refractivity contribution is 7.09. The lowest BCUT2D eigenvalue weighted by Gasteiger charge is -2.21. The Morgan fingerprint density at radius 1 is 1.48 bits per heavy atom. The van der Waals surface area contributed by atoms with Crippen molar-refractivity contribution in [1.82, 2.24) is 20.0 Å². The van der Waals surface area contributed by atoms with Crippen LogP contribution >= 0.6 is 11.3 Å². The normalized spacial score (nSPS) is 11.7. The molecule has 0 aromatic carbocycles. The third-order valence-electron chi connectivity index (χ3n) is 3.54. The van der Waals surface area contributed by atoms with E-state index in [0.717, 1.165) is 45.0 Å². The van der Waals surface area contributed by atoms with Gasteiger partial charge in [-0.2, -0.15) is 5.10 Å². The summed E-state index contributed by atoms with van der Waals surface area (Å²) in [6.45, 7) is 7.76. The van der Waals surface area contributed by atoms with Crippen molar-refractivity contribution in [1.29, 1.82) is 0 Å². The van der Waals surface area contributed by atoms with Crippen molar-refractivity contribution in [3.63, 3.8) is 0 Å². The first kappa shape index (κ1) is 17.5. The topological polar surface area (TPSA) is 45.5 Å². The zero-order valence-electron chi connectivity index (χ0n) is 14.3. The number of hydrogen-bond donors (Lipinski definition) is 1. The van der Waals surface area contributed by atoms with Crippen LogP contribution in [-0.2, 0) is 13.0 Å².